The summed E-state index contributed by atoms with van der Waals surface area (Å²) in [5.74, 6) is -0.260. The van der Waals surface area contributed by atoms with Gasteiger partial charge in [-0.25, -0.2) is 14.4 Å². The van der Waals surface area contributed by atoms with Crippen LogP contribution in [0.1, 0.15) is 73.6 Å². The Morgan fingerprint density at radius 3 is 1.91 bits per heavy atom. The number of carbonyl (C=O) groups excluding carboxylic acids is 3. The number of hydrogen-bond acceptors (Lipinski definition) is 9. The highest BCUT2D eigenvalue weighted by Crippen LogP contribution is 2.27. The summed E-state index contributed by atoms with van der Waals surface area (Å²) in [4.78, 5) is 39.6. The summed E-state index contributed by atoms with van der Waals surface area (Å²) in [6.07, 6.45) is -2.45. The van der Waals surface area contributed by atoms with E-state index in [0.29, 0.717) is 16.2 Å². The highest BCUT2D eigenvalue weighted by atomic mass is 16.6. The van der Waals surface area contributed by atoms with Crippen molar-refractivity contribution in [3.05, 3.63) is 11.3 Å². The van der Waals surface area contributed by atoms with Gasteiger partial charge in [-0.15, -0.1) is 0 Å². The molecule has 10 nitrogen and oxygen atoms in total. The third-order valence-corrected chi connectivity index (χ3v) is 3.74. The molecule has 2 amide bonds. The van der Waals surface area contributed by atoms with E-state index in [1.54, 1.807) is 55.4 Å². The molecular formula is C22H36N2O8. The molecule has 0 saturated carbocycles. The lowest BCUT2D eigenvalue weighted by atomic mass is 10.1. The van der Waals surface area contributed by atoms with E-state index in [4.69, 9.17) is 23.5 Å². The van der Waals surface area contributed by atoms with Crippen LogP contribution < -0.4 is 4.74 Å². The monoisotopic (exact) mass is 456 g/mol. The summed E-state index contributed by atoms with van der Waals surface area (Å²) in [6, 6.07) is -1.40. The fraction of sp³-hybridized carbons (Fsp3) is 0.727. The van der Waals surface area contributed by atoms with Gasteiger partial charge in [-0.1, -0.05) is 0 Å². The Labute approximate surface area is 189 Å². The fourth-order valence-corrected chi connectivity index (χ4v) is 2.58. The minimum atomic E-state index is -1.40. The van der Waals surface area contributed by atoms with Crippen LogP contribution in [-0.2, 0) is 25.4 Å². The van der Waals surface area contributed by atoms with E-state index < -0.39 is 35.4 Å². The van der Waals surface area contributed by atoms with Crippen LogP contribution in [0.2, 0.25) is 0 Å². The first kappa shape index (κ1) is 27.3. The fourth-order valence-electron chi connectivity index (χ4n) is 2.58. The largest absolute Gasteiger partial charge is 0.473 e. The Hall–Kier alpha value is -2.78. The summed E-state index contributed by atoms with van der Waals surface area (Å²) in [5.41, 5.74) is -1.42. The minimum absolute atomic E-state index is 0.0454. The van der Waals surface area contributed by atoms with Crippen molar-refractivity contribution in [2.75, 3.05) is 6.61 Å². The van der Waals surface area contributed by atoms with Gasteiger partial charge < -0.3 is 23.5 Å². The number of nitrogens with zero attached hydrogens (tertiary/aromatic N) is 2. The maximum absolute atomic E-state index is 13.0. The molecule has 0 fully saturated rings. The second-order valence-corrected chi connectivity index (χ2v) is 9.49. The molecule has 1 unspecified atom stereocenters. The lowest BCUT2D eigenvalue weighted by Gasteiger charge is -2.32. The van der Waals surface area contributed by atoms with Gasteiger partial charge in [-0.05, 0) is 74.4 Å². The Morgan fingerprint density at radius 2 is 1.50 bits per heavy atom. The third kappa shape index (κ3) is 8.39. The maximum atomic E-state index is 13.0. The van der Waals surface area contributed by atoms with Crippen LogP contribution in [0.4, 0.5) is 9.59 Å². The molecule has 1 atom stereocenters. The number of ether oxygens (including phenoxy) is 4. The van der Waals surface area contributed by atoms with Gasteiger partial charge in [0.1, 0.15) is 23.0 Å². The van der Waals surface area contributed by atoms with Crippen LogP contribution in [0.5, 0.6) is 5.88 Å². The summed E-state index contributed by atoms with van der Waals surface area (Å²) >= 11 is 0. The number of esters is 1. The van der Waals surface area contributed by atoms with Gasteiger partial charge in [-0.2, -0.15) is 4.90 Å². The highest BCUT2D eigenvalue weighted by Gasteiger charge is 2.42. The second kappa shape index (κ2) is 10.7. The van der Waals surface area contributed by atoms with Gasteiger partial charge in [0, 0.05) is 6.42 Å². The van der Waals surface area contributed by atoms with Gasteiger partial charge in [0.05, 0.1) is 18.3 Å². The minimum Gasteiger partial charge on any atom is -0.473 e. The molecule has 10 heteroatoms. The van der Waals surface area contributed by atoms with Crippen molar-refractivity contribution in [2.24, 2.45) is 0 Å². The van der Waals surface area contributed by atoms with E-state index in [2.05, 4.69) is 5.16 Å². The number of aryl methyl sites for hydroxylation is 1. The number of rotatable bonds is 7. The lowest BCUT2D eigenvalue weighted by molar-refractivity contribution is -0.149. The first-order valence-corrected chi connectivity index (χ1v) is 10.6. The van der Waals surface area contributed by atoms with Gasteiger partial charge in [0.25, 0.3) is 5.88 Å². The zero-order valence-corrected chi connectivity index (χ0v) is 20.7. The number of aromatic nitrogens is 1. The Kier molecular flexibility index (Phi) is 9.11. The summed E-state index contributed by atoms with van der Waals surface area (Å²) < 4.78 is 26.8. The van der Waals surface area contributed by atoms with Gasteiger partial charge in [0.15, 0.2) is 0 Å². The van der Waals surface area contributed by atoms with Gasteiger partial charge in [-0.3, -0.25) is 0 Å². The first-order valence-electron chi connectivity index (χ1n) is 10.6. The quantitative estimate of drug-likeness (QED) is 0.434. The molecule has 0 aromatic carbocycles. The lowest BCUT2D eigenvalue weighted by Crippen LogP contribution is -2.53. The van der Waals surface area contributed by atoms with E-state index in [1.165, 1.54) is 0 Å². The zero-order chi connectivity index (χ0) is 24.9. The van der Waals surface area contributed by atoms with Gasteiger partial charge in [0.2, 0.25) is 0 Å². The van der Waals surface area contributed by atoms with Crippen LogP contribution in [0.3, 0.4) is 0 Å². The van der Waals surface area contributed by atoms with Crippen molar-refractivity contribution < 1.29 is 37.9 Å². The van der Waals surface area contributed by atoms with Gasteiger partial charge >= 0.3 is 18.2 Å². The van der Waals surface area contributed by atoms with E-state index >= 15 is 0 Å². The number of imide groups is 1. The third-order valence-electron chi connectivity index (χ3n) is 3.74. The molecule has 1 heterocycles. The number of amides is 2. The molecule has 0 spiro atoms. The van der Waals surface area contributed by atoms with Crippen LogP contribution in [-0.4, -0.2) is 58.2 Å². The van der Waals surface area contributed by atoms with Crippen molar-refractivity contribution in [2.45, 2.75) is 99.0 Å². The van der Waals surface area contributed by atoms with Crippen molar-refractivity contribution >= 4 is 18.2 Å². The van der Waals surface area contributed by atoms with Crippen molar-refractivity contribution in [1.82, 2.24) is 10.1 Å². The van der Waals surface area contributed by atoms with Crippen molar-refractivity contribution in [3.8, 4) is 5.88 Å². The average Bonchev–Trinajstić information content (AvgIpc) is 2.90. The molecule has 1 aromatic heterocycles. The highest BCUT2D eigenvalue weighted by molar-refractivity contribution is 5.94. The molecule has 32 heavy (non-hydrogen) atoms. The molecular weight excluding hydrogens is 420 g/mol. The molecule has 0 radical (unpaired) electrons. The normalized spacial score (nSPS) is 12.8. The standard InChI is InChI=1S/C22H36N2O8/c1-11-28-18(25)16(12-15-14(4)32-23-17(15)29-13(2)3)24(19(26)30-21(5,6)7)20(27)31-22(8,9)10/h13,16H,11-12H2,1-10H3. The molecule has 0 aliphatic rings. The van der Waals surface area contributed by atoms with E-state index in [9.17, 15) is 14.4 Å². The van der Waals surface area contributed by atoms with Crippen LogP contribution >= 0.6 is 0 Å². The molecule has 0 aliphatic heterocycles. The molecule has 1 rings (SSSR count). The number of carbonyl (C=O) groups is 3. The van der Waals surface area contributed by atoms with Crippen LogP contribution in [0, 0.1) is 6.92 Å². The Balaban J connectivity index is 3.49. The second-order valence-electron chi connectivity index (χ2n) is 9.49. The molecule has 0 aliphatic carbocycles. The molecule has 0 N–H and O–H groups in total. The predicted molar refractivity (Wildman–Crippen MR) is 115 cm³/mol. The topological polar surface area (TPSA) is 117 Å². The van der Waals surface area contributed by atoms with E-state index in [-0.39, 0.29) is 25.0 Å². The van der Waals surface area contributed by atoms with Crippen molar-refractivity contribution in [1.29, 1.82) is 0 Å². The predicted octanol–water partition coefficient (Wildman–Crippen LogP) is 4.42. The molecule has 0 bridgehead atoms. The maximum Gasteiger partial charge on any atom is 0.420 e. The molecule has 182 valence electrons. The van der Waals surface area contributed by atoms with Crippen LogP contribution in [0.15, 0.2) is 4.52 Å². The van der Waals surface area contributed by atoms with E-state index in [1.807, 2.05) is 13.8 Å². The molecule has 1 aromatic rings. The summed E-state index contributed by atoms with van der Waals surface area (Å²) in [7, 11) is 0. The van der Waals surface area contributed by atoms with E-state index in [0.717, 1.165) is 0 Å². The zero-order valence-electron chi connectivity index (χ0n) is 20.7. The SMILES string of the molecule is CCOC(=O)C(Cc1c(OC(C)C)noc1C)N(C(=O)OC(C)(C)C)C(=O)OC(C)(C)C. The molecule has 0 saturated heterocycles. The van der Waals surface area contributed by atoms with Crippen molar-refractivity contribution in [3.63, 3.8) is 0 Å². The Morgan fingerprint density at radius 1 is 1.00 bits per heavy atom. The smallest absolute Gasteiger partial charge is 0.420 e. The summed E-state index contributed by atoms with van der Waals surface area (Å²) in [6.45, 7) is 16.8. The first-order chi connectivity index (χ1) is 14.6. The Bertz CT molecular complexity index is 774. The number of hydrogen-bond donors (Lipinski definition) is 0. The average molecular weight is 457 g/mol. The van der Waals surface area contributed by atoms with Crippen LogP contribution in [0.25, 0.3) is 0 Å². The summed E-state index contributed by atoms with van der Waals surface area (Å²) in [5, 5.41) is 3.88.